The van der Waals surface area contributed by atoms with Gasteiger partial charge in [-0.05, 0) is 30.7 Å². The predicted molar refractivity (Wildman–Crippen MR) is 98.6 cm³/mol. The highest BCUT2D eigenvalue weighted by molar-refractivity contribution is 8.00. The van der Waals surface area contributed by atoms with E-state index in [0.29, 0.717) is 16.3 Å². The van der Waals surface area contributed by atoms with Crippen molar-refractivity contribution in [3.05, 3.63) is 86.9 Å². The molecule has 2 aromatic carbocycles. The van der Waals surface area contributed by atoms with Crippen molar-refractivity contribution >= 4 is 34.7 Å². The number of rotatable bonds is 1. The molecule has 0 radical (unpaired) electrons. The Balaban J connectivity index is 2.00. The number of thioether (sulfide) groups is 1. The molecule has 1 N–H and O–H groups in total. The van der Waals surface area contributed by atoms with E-state index < -0.39 is 0 Å². The first-order valence-electron chi connectivity index (χ1n) is 7.55. The summed E-state index contributed by atoms with van der Waals surface area (Å²) >= 11 is 8.02. The molecule has 1 aliphatic heterocycles. The molecule has 0 bridgehead atoms. The van der Waals surface area contributed by atoms with Crippen LogP contribution in [0.5, 0.6) is 0 Å². The fraction of sp³-hybridized carbons (Fsp3) is 0.105. The second-order valence-corrected chi connectivity index (χ2v) is 7.17. The summed E-state index contributed by atoms with van der Waals surface area (Å²) in [6, 6.07) is 17.5. The summed E-state index contributed by atoms with van der Waals surface area (Å²) in [5.74, 6) is 0.577. The van der Waals surface area contributed by atoms with Gasteiger partial charge in [-0.25, -0.2) is 4.79 Å². The molecular weight excluding hydrogens is 342 g/mol. The molecule has 2 heterocycles. The van der Waals surface area contributed by atoms with Gasteiger partial charge in [0.2, 0.25) is 0 Å². The smallest absolute Gasteiger partial charge is 0.342 e. The molecule has 120 valence electrons. The molecule has 3 nitrogen and oxygen atoms in total. The second kappa shape index (κ2) is 6.04. The van der Waals surface area contributed by atoms with Crippen LogP contribution in [0, 0.1) is 6.92 Å². The molecule has 24 heavy (non-hydrogen) atoms. The van der Waals surface area contributed by atoms with Gasteiger partial charge in [-0.3, -0.25) is 0 Å². The third-order valence-corrected chi connectivity index (χ3v) is 5.64. The minimum atomic E-state index is -0.331. The van der Waals surface area contributed by atoms with Crippen LogP contribution in [0.3, 0.4) is 0 Å². The van der Waals surface area contributed by atoms with Crippen molar-refractivity contribution in [3.63, 3.8) is 0 Å². The Labute approximate surface area is 148 Å². The molecule has 0 amide bonds. The van der Waals surface area contributed by atoms with Crippen molar-refractivity contribution < 1.29 is 4.42 Å². The Morgan fingerprint density at radius 1 is 1.08 bits per heavy atom. The first kappa shape index (κ1) is 15.4. The number of halogens is 1. The zero-order chi connectivity index (χ0) is 16.7. The van der Waals surface area contributed by atoms with Gasteiger partial charge in [0.25, 0.3) is 0 Å². The zero-order valence-corrected chi connectivity index (χ0v) is 14.4. The third kappa shape index (κ3) is 2.62. The van der Waals surface area contributed by atoms with Gasteiger partial charge in [-0.1, -0.05) is 41.9 Å². The van der Waals surface area contributed by atoms with Crippen LogP contribution < -0.4 is 10.9 Å². The number of benzene rings is 2. The summed E-state index contributed by atoms with van der Waals surface area (Å²) < 4.78 is 5.37. The molecule has 0 saturated heterocycles. The van der Waals surface area contributed by atoms with Gasteiger partial charge < -0.3 is 9.73 Å². The molecule has 5 heteroatoms. The standard InChI is InChI=1S/C19H14ClNO2S/c1-11-10-15-17(19(22)23-11)18(12-6-2-3-7-13(12)20)24-16-9-5-4-8-14(16)21-15/h2-10,18,21H,1H3/t18-/m1/s1. The molecule has 0 fully saturated rings. The molecule has 1 aliphatic rings. The van der Waals surface area contributed by atoms with Crippen molar-refractivity contribution in [1.29, 1.82) is 0 Å². The number of para-hydroxylation sites is 1. The van der Waals surface area contributed by atoms with E-state index in [4.69, 9.17) is 16.0 Å². The lowest BCUT2D eigenvalue weighted by Crippen LogP contribution is -2.14. The van der Waals surface area contributed by atoms with E-state index in [-0.39, 0.29) is 10.9 Å². The summed E-state index contributed by atoms with van der Waals surface area (Å²) in [7, 11) is 0. The van der Waals surface area contributed by atoms with Crippen molar-refractivity contribution in [2.75, 3.05) is 5.32 Å². The quantitative estimate of drug-likeness (QED) is 0.622. The lowest BCUT2D eigenvalue weighted by molar-refractivity contribution is 0.474. The Hall–Kier alpha value is -2.17. The maximum absolute atomic E-state index is 12.6. The SMILES string of the molecule is Cc1cc2c(c(=O)o1)[C@@H](c1ccccc1Cl)Sc1ccccc1N2. The van der Waals surface area contributed by atoms with Gasteiger partial charge in [0.1, 0.15) is 5.76 Å². The molecule has 0 saturated carbocycles. The van der Waals surface area contributed by atoms with Crippen LogP contribution in [0.15, 0.2) is 68.7 Å². The average Bonchev–Trinajstić information content (AvgIpc) is 2.71. The molecule has 0 unspecified atom stereocenters. The minimum absolute atomic E-state index is 0.235. The molecule has 3 aromatic rings. The van der Waals surface area contributed by atoms with Crippen LogP contribution in [0.4, 0.5) is 11.4 Å². The van der Waals surface area contributed by atoms with Crippen LogP contribution in [0.1, 0.15) is 22.1 Å². The highest BCUT2D eigenvalue weighted by Crippen LogP contribution is 2.49. The Bertz CT molecular complexity index is 983. The molecule has 1 aromatic heterocycles. The van der Waals surface area contributed by atoms with E-state index in [9.17, 15) is 4.79 Å². The van der Waals surface area contributed by atoms with Crippen molar-refractivity contribution in [2.45, 2.75) is 17.1 Å². The molecular formula is C19H14ClNO2S. The predicted octanol–water partition coefficient (Wildman–Crippen LogP) is 5.54. The van der Waals surface area contributed by atoms with E-state index in [1.165, 1.54) is 0 Å². The van der Waals surface area contributed by atoms with Gasteiger partial charge in [0.15, 0.2) is 0 Å². The van der Waals surface area contributed by atoms with Gasteiger partial charge in [-0.2, -0.15) is 0 Å². The number of hydrogen-bond donors (Lipinski definition) is 1. The average molecular weight is 356 g/mol. The second-order valence-electron chi connectivity index (χ2n) is 5.61. The maximum Gasteiger partial charge on any atom is 0.342 e. The lowest BCUT2D eigenvalue weighted by atomic mass is 10.0. The van der Waals surface area contributed by atoms with E-state index >= 15 is 0 Å². The van der Waals surface area contributed by atoms with Crippen LogP contribution >= 0.6 is 23.4 Å². The largest absolute Gasteiger partial charge is 0.428 e. The first-order chi connectivity index (χ1) is 11.6. The van der Waals surface area contributed by atoms with E-state index in [1.54, 1.807) is 18.7 Å². The summed E-state index contributed by atoms with van der Waals surface area (Å²) in [5, 5.41) is 3.78. The summed E-state index contributed by atoms with van der Waals surface area (Å²) in [6.07, 6.45) is 0. The molecule has 0 aliphatic carbocycles. The molecule has 4 rings (SSSR count). The van der Waals surface area contributed by atoms with Crippen molar-refractivity contribution in [2.24, 2.45) is 0 Å². The van der Waals surface area contributed by atoms with Gasteiger partial charge in [-0.15, -0.1) is 11.8 Å². The fourth-order valence-corrected chi connectivity index (χ4v) is 4.52. The normalized spacial score (nSPS) is 15.8. The Morgan fingerprint density at radius 2 is 1.83 bits per heavy atom. The monoisotopic (exact) mass is 355 g/mol. The molecule has 1 atom stereocenters. The summed E-state index contributed by atoms with van der Waals surface area (Å²) in [5.41, 5.74) is 2.91. The van der Waals surface area contributed by atoms with E-state index in [2.05, 4.69) is 5.32 Å². The highest BCUT2D eigenvalue weighted by atomic mass is 35.5. The molecule has 0 spiro atoms. The summed E-state index contributed by atoms with van der Waals surface area (Å²) in [6.45, 7) is 1.78. The van der Waals surface area contributed by atoms with Crippen molar-refractivity contribution in [3.8, 4) is 0 Å². The number of aryl methyl sites for hydroxylation is 1. The maximum atomic E-state index is 12.6. The van der Waals surface area contributed by atoms with Crippen LogP contribution in [0.2, 0.25) is 5.02 Å². The van der Waals surface area contributed by atoms with E-state index in [1.807, 2.05) is 54.6 Å². The van der Waals surface area contributed by atoms with Crippen molar-refractivity contribution in [1.82, 2.24) is 0 Å². The topological polar surface area (TPSA) is 42.2 Å². The third-order valence-electron chi connectivity index (χ3n) is 3.96. The fourth-order valence-electron chi connectivity index (χ4n) is 2.88. The van der Waals surface area contributed by atoms with Crippen LogP contribution in [0.25, 0.3) is 0 Å². The Morgan fingerprint density at radius 3 is 2.67 bits per heavy atom. The first-order valence-corrected chi connectivity index (χ1v) is 8.81. The van der Waals surface area contributed by atoms with Crippen LogP contribution in [-0.2, 0) is 0 Å². The summed E-state index contributed by atoms with van der Waals surface area (Å²) in [4.78, 5) is 13.7. The van der Waals surface area contributed by atoms with Gasteiger partial charge >= 0.3 is 5.63 Å². The number of nitrogens with one attached hydrogen (secondary N) is 1. The number of hydrogen-bond acceptors (Lipinski definition) is 4. The highest BCUT2D eigenvalue weighted by Gasteiger charge is 2.29. The Kier molecular flexibility index (Phi) is 3.87. The lowest BCUT2D eigenvalue weighted by Gasteiger charge is -2.17. The van der Waals surface area contributed by atoms with Gasteiger partial charge in [0.05, 0.1) is 22.2 Å². The number of anilines is 2. The zero-order valence-electron chi connectivity index (χ0n) is 12.9. The minimum Gasteiger partial charge on any atom is -0.428 e. The number of fused-ring (bicyclic) bond motifs is 2. The van der Waals surface area contributed by atoms with Gasteiger partial charge in [0, 0.05) is 16.0 Å². The van der Waals surface area contributed by atoms with E-state index in [0.717, 1.165) is 21.8 Å². The van der Waals surface area contributed by atoms with Crippen LogP contribution in [-0.4, -0.2) is 0 Å².